The molecule has 1 aliphatic heterocycles. The normalized spacial score (nSPS) is 12.4. The molecule has 2 amide bonds. The molecule has 0 radical (unpaired) electrons. The summed E-state index contributed by atoms with van der Waals surface area (Å²) < 4.78 is 10.6. The number of carbonyl (C=O) groups is 1. The van der Waals surface area contributed by atoms with Crippen LogP contribution in [-0.2, 0) is 6.54 Å². The summed E-state index contributed by atoms with van der Waals surface area (Å²) in [7, 11) is 0. The first kappa shape index (κ1) is 15.4. The third-order valence-electron chi connectivity index (χ3n) is 4.28. The summed E-state index contributed by atoms with van der Waals surface area (Å²) >= 11 is 0. The van der Waals surface area contributed by atoms with Gasteiger partial charge in [0.05, 0.1) is 0 Å². The lowest BCUT2D eigenvalue weighted by atomic mass is 10.1. The molecule has 6 heteroatoms. The van der Waals surface area contributed by atoms with Crippen molar-refractivity contribution in [3.8, 4) is 11.5 Å². The first-order chi connectivity index (χ1) is 12.2. The van der Waals surface area contributed by atoms with Crippen LogP contribution in [0.25, 0.3) is 10.9 Å². The van der Waals surface area contributed by atoms with Gasteiger partial charge in [-0.15, -0.1) is 0 Å². The Hall–Kier alpha value is -3.15. The van der Waals surface area contributed by atoms with Crippen molar-refractivity contribution in [3.63, 3.8) is 0 Å². The topological polar surface area (TPSA) is 66.6 Å². The minimum absolute atomic E-state index is 0.143. The van der Waals surface area contributed by atoms with E-state index >= 15 is 0 Å². The summed E-state index contributed by atoms with van der Waals surface area (Å²) in [6.07, 6.45) is 1.92. The Morgan fingerprint density at radius 3 is 2.92 bits per heavy atom. The van der Waals surface area contributed by atoms with E-state index < -0.39 is 0 Å². The van der Waals surface area contributed by atoms with Gasteiger partial charge in [0.25, 0.3) is 0 Å². The standard InChI is InChI=1S/C19H19N3O3/c1-2-22(11-13-3-5-16-14(9-13)7-8-20-16)19(23)21-15-4-6-17-18(10-15)25-12-24-17/h3-10,20H,2,11-12H2,1H3,(H,21,23). The number of rotatable bonds is 4. The van der Waals surface area contributed by atoms with Gasteiger partial charge in [0.1, 0.15) is 0 Å². The van der Waals surface area contributed by atoms with Crippen LogP contribution in [0.4, 0.5) is 10.5 Å². The lowest BCUT2D eigenvalue weighted by Gasteiger charge is -2.21. The molecule has 0 aliphatic carbocycles. The molecule has 0 saturated heterocycles. The number of ether oxygens (including phenoxy) is 2. The highest BCUT2D eigenvalue weighted by atomic mass is 16.7. The highest BCUT2D eigenvalue weighted by Crippen LogP contribution is 2.34. The van der Waals surface area contributed by atoms with Crippen molar-refractivity contribution < 1.29 is 14.3 Å². The number of amides is 2. The molecule has 1 aliphatic rings. The minimum atomic E-state index is -0.143. The number of hydrogen-bond donors (Lipinski definition) is 2. The van der Waals surface area contributed by atoms with E-state index in [4.69, 9.17) is 9.47 Å². The highest BCUT2D eigenvalue weighted by molar-refractivity contribution is 5.90. The van der Waals surface area contributed by atoms with Crippen LogP contribution in [0.3, 0.4) is 0 Å². The van der Waals surface area contributed by atoms with Crippen LogP contribution in [0.2, 0.25) is 0 Å². The summed E-state index contributed by atoms with van der Waals surface area (Å²) in [5.41, 5.74) is 2.88. The van der Waals surface area contributed by atoms with Crippen molar-refractivity contribution in [2.24, 2.45) is 0 Å². The van der Waals surface area contributed by atoms with Crippen LogP contribution >= 0.6 is 0 Å². The number of fused-ring (bicyclic) bond motifs is 2. The second kappa shape index (κ2) is 6.39. The van der Waals surface area contributed by atoms with E-state index in [0.717, 1.165) is 16.5 Å². The van der Waals surface area contributed by atoms with Crippen molar-refractivity contribution in [1.29, 1.82) is 0 Å². The fourth-order valence-electron chi connectivity index (χ4n) is 2.93. The molecule has 2 heterocycles. The fraction of sp³-hybridized carbons (Fsp3) is 0.211. The summed E-state index contributed by atoms with van der Waals surface area (Å²) in [5, 5.41) is 4.06. The number of aromatic nitrogens is 1. The molecule has 3 aromatic rings. The predicted octanol–water partition coefficient (Wildman–Crippen LogP) is 3.95. The summed E-state index contributed by atoms with van der Waals surface area (Å²) in [5.74, 6) is 1.35. The first-order valence-corrected chi connectivity index (χ1v) is 8.24. The van der Waals surface area contributed by atoms with Gasteiger partial charge in [-0.25, -0.2) is 4.79 Å². The smallest absolute Gasteiger partial charge is 0.322 e. The van der Waals surface area contributed by atoms with E-state index in [0.29, 0.717) is 30.3 Å². The fourth-order valence-corrected chi connectivity index (χ4v) is 2.93. The molecule has 0 saturated carbocycles. The summed E-state index contributed by atoms with van der Waals surface area (Å²) in [6, 6.07) is 13.4. The van der Waals surface area contributed by atoms with E-state index in [2.05, 4.69) is 16.4 Å². The molecule has 128 valence electrons. The van der Waals surface area contributed by atoms with E-state index in [1.165, 1.54) is 0 Å². The number of carbonyl (C=O) groups excluding carboxylic acids is 1. The zero-order valence-electron chi connectivity index (χ0n) is 13.9. The van der Waals surface area contributed by atoms with Gasteiger partial charge in [0.15, 0.2) is 11.5 Å². The van der Waals surface area contributed by atoms with E-state index in [-0.39, 0.29) is 12.8 Å². The van der Waals surface area contributed by atoms with Gasteiger partial charge in [-0.1, -0.05) is 6.07 Å². The number of anilines is 1. The largest absolute Gasteiger partial charge is 0.454 e. The summed E-state index contributed by atoms with van der Waals surface area (Å²) in [6.45, 7) is 3.35. The molecule has 0 unspecified atom stereocenters. The third kappa shape index (κ3) is 3.10. The molecule has 0 fully saturated rings. The Labute approximate surface area is 145 Å². The van der Waals surface area contributed by atoms with E-state index in [1.54, 1.807) is 17.0 Å². The second-order valence-electron chi connectivity index (χ2n) is 5.91. The van der Waals surface area contributed by atoms with Crippen molar-refractivity contribution in [2.45, 2.75) is 13.5 Å². The van der Waals surface area contributed by atoms with Gasteiger partial charge >= 0.3 is 6.03 Å². The van der Waals surface area contributed by atoms with Crippen molar-refractivity contribution in [3.05, 3.63) is 54.2 Å². The Kier molecular flexibility index (Phi) is 3.93. The van der Waals surface area contributed by atoms with Crippen LogP contribution in [0.1, 0.15) is 12.5 Å². The maximum atomic E-state index is 12.6. The molecular formula is C19H19N3O3. The predicted molar refractivity (Wildman–Crippen MR) is 96.0 cm³/mol. The van der Waals surface area contributed by atoms with Crippen molar-refractivity contribution >= 4 is 22.6 Å². The van der Waals surface area contributed by atoms with Gasteiger partial charge in [0.2, 0.25) is 6.79 Å². The van der Waals surface area contributed by atoms with Crippen molar-refractivity contribution in [2.75, 3.05) is 18.7 Å². The van der Waals surface area contributed by atoms with E-state index in [1.807, 2.05) is 37.4 Å². The average molecular weight is 337 g/mol. The maximum absolute atomic E-state index is 12.6. The molecular weight excluding hydrogens is 318 g/mol. The third-order valence-corrected chi connectivity index (χ3v) is 4.28. The number of urea groups is 1. The van der Waals surface area contributed by atoms with Crippen LogP contribution in [0.15, 0.2) is 48.7 Å². The molecule has 2 N–H and O–H groups in total. The molecule has 6 nitrogen and oxygen atoms in total. The SMILES string of the molecule is CCN(Cc1ccc2[nH]ccc2c1)C(=O)Nc1ccc2c(c1)OCO2. The zero-order valence-corrected chi connectivity index (χ0v) is 13.9. The Bertz CT molecular complexity index is 919. The van der Waals surface area contributed by atoms with Gasteiger partial charge in [-0.3, -0.25) is 0 Å². The quantitative estimate of drug-likeness (QED) is 0.757. The zero-order chi connectivity index (χ0) is 17.2. The van der Waals surface area contributed by atoms with Crippen LogP contribution in [0.5, 0.6) is 11.5 Å². The molecule has 1 aromatic heterocycles. The Balaban J connectivity index is 1.47. The Morgan fingerprint density at radius 2 is 2.04 bits per heavy atom. The lowest BCUT2D eigenvalue weighted by molar-refractivity contribution is 0.174. The number of nitrogens with zero attached hydrogens (tertiary/aromatic N) is 1. The number of H-pyrrole nitrogens is 1. The lowest BCUT2D eigenvalue weighted by Crippen LogP contribution is -2.34. The van der Waals surface area contributed by atoms with Gasteiger partial charge < -0.3 is 24.7 Å². The Morgan fingerprint density at radius 1 is 1.16 bits per heavy atom. The average Bonchev–Trinajstić information content (AvgIpc) is 3.27. The first-order valence-electron chi connectivity index (χ1n) is 8.24. The second-order valence-corrected chi connectivity index (χ2v) is 5.91. The molecule has 2 aromatic carbocycles. The van der Waals surface area contributed by atoms with Gasteiger partial charge in [0, 0.05) is 36.6 Å². The molecule has 0 atom stereocenters. The van der Waals surface area contributed by atoms with Crippen LogP contribution in [-0.4, -0.2) is 29.3 Å². The van der Waals surface area contributed by atoms with E-state index in [9.17, 15) is 4.79 Å². The van der Waals surface area contributed by atoms with Crippen LogP contribution < -0.4 is 14.8 Å². The minimum Gasteiger partial charge on any atom is -0.454 e. The molecule has 0 bridgehead atoms. The van der Waals surface area contributed by atoms with Crippen molar-refractivity contribution in [1.82, 2.24) is 9.88 Å². The number of nitrogens with one attached hydrogen (secondary N) is 2. The van der Waals surface area contributed by atoms with Gasteiger partial charge in [-0.2, -0.15) is 0 Å². The molecule has 4 rings (SSSR count). The summed E-state index contributed by atoms with van der Waals surface area (Å²) in [4.78, 5) is 17.5. The number of aromatic amines is 1. The monoisotopic (exact) mass is 337 g/mol. The molecule has 25 heavy (non-hydrogen) atoms. The van der Waals surface area contributed by atoms with Crippen LogP contribution in [0, 0.1) is 0 Å². The number of benzene rings is 2. The number of hydrogen-bond acceptors (Lipinski definition) is 3. The maximum Gasteiger partial charge on any atom is 0.322 e. The highest BCUT2D eigenvalue weighted by Gasteiger charge is 2.16. The molecule has 0 spiro atoms. The van der Waals surface area contributed by atoms with Gasteiger partial charge in [-0.05, 0) is 48.2 Å².